The Kier molecular flexibility index (Phi) is 5.08. The number of carbonyl (C=O) groups excluding carboxylic acids is 1. The molecule has 0 radical (unpaired) electrons. The van der Waals surface area contributed by atoms with E-state index < -0.39 is 11.4 Å². The highest BCUT2D eigenvalue weighted by Gasteiger charge is 2.42. The highest BCUT2D eigenvalue weighted by molar-refractivity contribution is 5.77. The van der Waals surface area contributed by atoms with Crippen LogP contribution in [0.1, 0.15) is 32.6 Å². The summed E-state index contributed by atoms with van der Waals surface area (Å²) in [6.45, 7) is 5.24. The third-order valence-electron chi connectivity index (χ3n) is 5.08. The smallest absolute Gasteiger partial charge is 0.320 e. The number of amides is 2. The van der Waals surface area contributed by atoms with Gasteiger partial charge in [0, 0.05) is 39.2 Å². The van der Waals surface area contributed by atoms with E-state index in [9.17, 15) is 14.7 Å². The van der Waals surface area contributed by atoms with Gasteiger partial charge >= 0.3 is 12.0 Å². The zero-order chi connectivity index (χ0) is 15.5. The summed E-state index contributed by atoms with van der Waals surface area (Å²) in [6, 6.07) is 0.0590. The minimum Gasteiger partial charge on any atom is -0.481 e. The zero-order valence-electron chi connectivity index (χ0n) is 13.0. The molecule has 2 aliphatic heterocycles. The molecule has 0 aromatic carbocycles. The van der Waals surface area contributed by atoms with E-state index >= 15 is 0 Å². The van der Waals surface area contributed by atoms with E-state index in [1.807, 2.05) is 16.7 Å². The summed E-state index contributed by atoms with van der Waals surface area (Å²) in [7, 11) is 1.69. The van der Waals surface area contributed by atoms with Crippen molar-refractivity contribution in [3.8, 4) is 0 Å². The van der Waals surface area contributed by atoms with Gasteiger partial charge in [-0.15, -0.1) is 0 Å². The highest BCUT2D eigenvalue weighted by atomic mass is 16.5. The molecule has 1 atom stereocenters. The maximum absolute atomic E-state index is 12.5. The molecule has 0 aromatic heterocycles. The summed E-state index contributed by atoms with van der Waals surface area (Å²) in [4.78, 5) is 27.6. The molecular weight excluding hydrogens is 272 g/mol. The summed E-state index contributed by atoms with van der Waals surface area (Å²) < 4.78 is 5.15. The van der Waals surface area contributed by atoms with Crippen molar-refractivity contribution >= 4 is 12.0 Å². The second-order valence-electron chi connectivity index (χ2n) is 6.26. The Morgan fingerprint density at radius 3 is 2.43 bits per heavy atom. The number of hydrogen-bond acceptors (Lipinski definition) is 3. The molecule has 1 N–H and O–H groups in total. The van der Waals surface area contributed by atoms with Gasteiger partial charge in [0.1, 0.15) is 0 Å². The predicted molar refractivity (Wildman–Crippen MR) is 78.1 cm³/mol. The predicted octanol–water partition coefficient (Wildman–Crippen LogP) is 1.65. The molecule has 0 saturated carbocycles. The van der Waals surface area contributed by atoms with Crippen LogP contribution in [0, 0.1) is 11.3 Å². The molecule has 6 nitrogen and oxygen atoms in total. The lowest BCUT2D eigenvalue weighted by atomic mass is 9.76. The fourth-order valence-corrected chi connectivity index (χ4v) is 3.42. The minimum absolute atomic E-state index is 0.0590. The van der Waals surface area contributed by atoms with Crippen molar-refractivity contribution < 1.29 is 19.4 Å². The van der Waals surface area contributed by atoms with Crippen LogP contribution in [0.15, 0.2) is 0 Å². The van der Waals surface area contributed by atoms with Crippen LogP contribution in [-0.2, 0) is 9.53 Å². The van der Waals surface area contributed by atoms with Crippen molar-refractivity contribution in [2.75, 3.05) is 39.9 Å². The van der Waals surface area contributed by atoms with Gasteiger partial charge in [0.15, 0.2) is 0 Å². The number of piperidine rings is 1. The molecule has 120 valence electrons. The van der Waals surface area contributed by atoms with Gasteiger partial charge in [0.05, 0.1) is 12.0 Å². The average Bonchev–Trinajstić information content (AvgIpc) is 2.95. The van der Waals surface area contributed by atoms with Crippen LogP contribution < -0.4 is 0 Å². The van der Waals surface area contributed by atoms with Crippen molar-refractivity contribution in [2.45, 2.75) is 32.6 Å². The molecule has 0 spiro atoms. The fraction of sp³-hybridized carbons (Fsp3) is 0.867. The maximum Gasteiger partial charge on any atom is 0.320 e. The van der Waals surface area contributed by atoms with Gasteiger partial charge in [-0.25, -0.2) is 4.79 Å². The summed E-state index contributed by atoms with van der Waals surface area (Å²) in [5, 5.41) is 9.39. The van der Waals surface area contributed by atoms with Crippen molar-refractivity contribution in [1.29, 1.82) is 0 Å². The number of rotatable bonds is 4. The van der Waals surface area contributed by atoms with Gasteiger partial charge in [-0.2, -0.15) is 0 Å². The molecule has 21 heavy (non-hydrogen) atoms. The molecule has 2 rings (SSSR count). The molecule has 0 aliphatic carbocycles. The second kappa shape index (κ2) is 6.64. The summed E-state index contributed by atoms with van der Waals surface area (Å²) in [5.41, 5.74) is -0.639. The van der Waals surface area contributed by atoms with Crippen LogP contribution in [0.4, 0.5) is 4.79 Å². The zero-order valence-corrected chi connectivity index (χ0v) is 13.0. The Morgan fingerprint density at radius 1 is 1.24 bits per heavy atom. The van der Waals surface area contributed by atoms with Crippen molar-refractivity contribution in [3.05, 3.63) is 0 Å². The first-order valence-corrected chi connectivity index (χ1v) is 7.78. The number of nitrogens with zero attached hydrogens (tertiary/aromatic N) is 2. The SMILES string of the molecule is CCC1(C(=O)O)CCN(C(=O)N2CCC(COC)C2)CC1. The Morgan fingerprint density at radius 2 is 1.90 bits per heavy atom. The number of urea groups is 1. The van der Waals surface area contributed by atoms with Gasteiger partial charge in [-0.05, 0) is 25.7 Å². The fourth-order valence-electron chi connectivity index (χ4n) is 3.42. The lowest BCUT2D eigenvalue weighted by molar-refractivity contribution is -0.152. The number of ether oxygens (including phenoxy) is 1. The van der Waals surface area contributed by atoms with E-state index in [0.29, 0.717) is 44.9 Å². The van der Waals surface area contributed by atoms with Crippen LogP contribution in [0.2, 0.25) is 0 Å². The number of methoxy groups -OCH3 is 1. The van der Waals surface area contributed by atoms with Crippen molar-refractivity contribution in [2.24, 2.45) is 11.3 Å². The number of carbonyl (C=O) groups is 2. The van der Waals surface area contributed by atoms with Crippen LogP contribution in [0.3, 0.4) is 0 Å². The molecule has 2 fully saturated rings. The molecule has 2 amide bonds. The lowest BCUT2D eigenvalue weighted by Gasteiger charge is -2.39. The number of aliphatic carboxylic acids is 1. The van der Waals surface area contributed by atoms with Gasteiger partial charge < -0.3 is 19.6 Å². The summed E-state index contributed by atoms with van der Waals surface area (Å²) in [6.07, 6.45) is 2.73. The van der Waals surface area contributed by atoms with E-state index in [-0.39, 0.29) is 6.03 Å². The largest absolute Gasteiger partial charge is 0.481 e. The number of carboxylic acids is 1. The summed E-state index contributed by atoms with van der Waals surface area (Å²) >= 11 is 0. The van der Waals surface area contributed by atoms with Gasteiger partial charge in [-0.1, -0.05) is 6.92 Å². The molecular formula is C15H26N2O4. The highest BCUT2D eigenvalue weighted by Crippen LogP contribution is 2.35. The summed E-state index contributed by atoms with van der Waals surface area (Å²) in [5.74, 6) is -0.295. The van der Waals surface area contributed by atoms with E-state index in [1.54, 1.807) is 7.11 Å². The first kappa shape index (κ1) is 16.1. The maximum atomic E-state index is 12.5. The van der Waals surface area contributed by atoms with E-state index in [2.05, 4.69) is 0 Å². The van der Waals surface area contributed by atoms with Crippen LogP contribution in [0.5, 0.6) is 0 Å². The molecule has 6 heteroatoms. The number of carboxylic acid groups (broad SMARTS) is 1. The Labute approximate surface area is 126 Å². The van der Waals surface area contributed by atoms with Crippen molar-refractivity contribution in [3.63, 3.8) is 0 Å². The molecule has 2 saturated heterocycles. The number of hydrogen-bond donors (Lipinski definition) is 1. The van der Waals surface area contributed by atoms with E-state index in [1.165, 1.54) is 0 Å². The normalized spacial score (nSPS) is 25.1. The second-order valence-corrected chi connectivity index (χ2v) is 6.26. The standard InChI is InChI=1S/C15H26N2O4/c1-3-15(13(18)19)5-8-16(9-6-15)14(20)17-7-4-12(10-17)11-21-2/h12H,3-11H2,1-2H3,(H,18,19). The molecule has 2 heterocycles. The Hall–Kier alpha value is -1.30. The average molecular weight is 298 g/mol. The lowest BCUT2D eigenvalue weighted by Crippen LogP contribution is -2.50. The van der Waals surface area contributed by atoms with Gasteiger partial charge in [-0.3, -0.25) is 4.79 Å². The quantitative estimate of drug-likeness (QED) is 0.857. The van der Waals surface area contributed by atoms with Crippen LogP contribution in [-0.4, -0.2) is 66.8 Å². The van der Waals surface area contributed by atoms with Crippen molar-refractivity contribution in [1.82, 2.24) is 9.80 Å². The third kappa shape index (κ3) is 3.31. The third-order valence-corrected chi connectivity index (χ3v) is 5.08. The Balaban J connectivity index is 1.88. The first-order chi connectivity index (χ1) is 10.0. The van der Waals surface area contributed by atoms with Crippen LogP contribution in [0.25, 0.3) is 0 Å². The van der Waals surface area contributed by atoms with Gasteiger partial charge in [0.25, 0.3) is 0 Å². The molecule has 1 unspecified atom stereocenters. The Bertz CT molecular complexity index is 391. The minimum atomic E-state index is -0.724. The van der Waals surface area contributed by atoms with Gasteiger partial charge in [0.2, 0.25) is 0 Å². The molecule has 0 bridgehead atoms. The topological polar surface area (TPSA) is 70.1 Å². The first-order valence-electron chi connectivity index (χ1n) is 7.78. The van der Waals surface area contributed by atoms with E-state index in [4.69, 9.17) is 4.74 Å². The van der Waals surface area contributed by atoms with E-state index in [0.717, 1.165) is 19.5 Å². The monoisotopic (exact) mass is 298 g/mol. The molecule has 0 aromatic rings. The number of likely N-dealkylation sites (tertiary alicyclic amines) is 2. The molecule has 2 aliphatic rings. The van der Waals surface area contributed by atoms with Crippen LogP contribution >= 0.6 is 0 Å².